The summed E-state index contributed by atoms with van der Waals surface area (Å²) in [5, 5.41) is 14.2. The molecule has 0 aliphatic heterocycles. The second-order valence-corrected chi connectivity index (χ2v) is 6.93. The molecule has 0 atom stereocenters. The van der Waals surface area contributed by atoms with Crippen LogP contribution >= 0.6 is 11.3 Å². The molecule has 0 saturated heterocycles. The van der Waals surface area contributed by atoms with Gasteiger partial charge in [0.25, 0.3) is 5.91 Å². The van der Waals surface area contributed by atoms with E-state index in [0.717, 1.165) is 23.7 Å². The Balaban J connectivity index is 1.65. The van der Waals surface area contributed by atoms with Crippen LogP contribution in [0.3, 0.4) is 0 Å². The van der Waals surface area contributed by atoms with Crippen molar-refractivity contribution in [1.29, 1.82) is 0 Å². The highest BCUT2D eigenvalue weighted by Crippen LogP contribution is 2.36. The van der Waals surface area contributed by atoms with Crippen molar-refractivity contribution in [3.8, 4) is 11.1 Å². The number of nitrogens with zero attached hydrogens (tertiary/aromatic N) is 2. The monoisotopic (exact) mass is 433 g/mol. The predicted octanol–water partition coefficient (Wildman–Crippen LogP) is 4.92. The number of furan rings is 1. The van der Waals surface area contributed by atoms with Crippen LogP contribution in [0.15, 0.2) is 52.5 Å². The van der Waals surface area contributed by atoms with Gasteiger partial charge in [-0.15, -0.1) is 11.3 Å². The van der Waals surface area contributed by atoms with E-state index in [4.69, 9.17) is 4.42 Å². The quantitative estimate of drug-likeness (QED) is 0.473. The Kier molecular flexibility index (Phi) is 4.74. The van der Waals surface area contributed by atoms with Crippen LogP contribution in [0, 0.1) is 0 Å². The molecule has 0 fully saturated rings. The first-order valence-electron chi connectivity index (χ1n) is 8.28. The molecule has 0 aliphatic carbocycles. The maximum absolute atomic E-state index is 12.6. The van der Waals surface area contributed by atoms with Crippen molar-refractivity contribution in [2.75, 3.05) is 5.32 Å². The molecule has 3 aromatic heterocycles. The molecule has 152 valence electrons. The Hall–Kier alpha value is -3.73. The number of carbonyl (C=O) groups is 2. The maximum Gasteiger partial charge on any atom is 0.451 e. The number of fused-ring (bicyclic) bond motifs is 1. The van der Waals surface area contributed by atoms with E-state index in [9.17, 15) is 27.9 Å². The summed E-state index contributed by atoms with van der Waals surface area (Å²) in [5.41, 5.74) is 0.365. The van der Waals surface area contributed by atoms with Crippen molar-refractivity contribution in [3.05, 3.63) is 65.3 Å². The third-order valence-electron chi connectivity index (χ3n) is 4.10. The van der Waals surface area contributed by atoms with Crippen LogP contribution in [0.5, 0.6) is 0 Å². The van der Waals surface area contributed by atoms with Gasteiger partial charge in [0.05, 0.1) is 0 Å². The minimum absolute atomic E-state index is 0.00264. The van der Waals surface area contributed by atoms with Crippen molar-refractivity contribution in [2.45, 2.75) is 6.18 Å². The summed E-state index contributed by atoms with van der Waals surface area (Å²) in [6.07, 6.45) is -2.95. The second kappa shape index (κ2) is 7.26. The number of alkyl halides is 3. The molecule has 4 aromatic rings. The number of nitrogens with one attached hydrogen (secondary N) is 1. The second-order valence-electron chi connectivity index (χ2n) is 6.05. The Morgan fingerprint density at radius 2 is 1.83 bits per heavy atom. The molecule has 0 spiro atoms. The SMILES string of the molecule is O=C(Nc1scc(-c2cnc(C(F)(F)F)nc2)c1C(=O)O)c1cc2ccccc2o1. The van der Waals surface area contributed by atoms with Gasteiger partial charge in [-0.25, -0.2) is 14.8 Å². The lowest BCUT2D eigenvalue weighted by Crippen LogP contribution is -2.13. The lowest BCUT2D eigenvalue weighted by molar-refractivity contribution is -0.145. The number of hydrogen-bond acceptors (Lipinski definition) is 6. The van der Waals surface area contributed by atoms with Crippen LogP contribution in [-0.4, -0.2) is 27.0 Å². The molecule has 1 aromatic carbocycles. The van der Waals surface area contributed by atoms with Gasteiger partial charge in [0.15, 0.2) is 5.76 Å². The first kappa shape index (κ1) is 19.6. The number of para-hydroxylation sites is 1. The van der Waals surface area contributed by atoms with E-state index in [2.05, 4.69) is 15.3 Å². The molecular weight excluding hydrogens is 423 g/mol. The summed E-state index contributed by atoms with van der Waals surface area (Å²) in [5.74, 6) is -3.38. The van der Waals surface area contributed by atoms with Gasteiger partial charge in [-0.1, -0.05) is 18.2 Å². The predicted molar refractivity (Wildman–Crippen MR) is 101 cm³/mol. The molecule has 30 heavy (non-hydrogen) atoms. The first-order valence-corrected chi connectivity index (χ1v) is 9.16. The highest BCUT2D eigenvalue weighted by atomic mass is 32.1. The van der Waals surface area contributed by atoms with Crippen molar-refractivity contribution >= 4 is 39.2 Å². The lowest BCUT2D eigenvalue weighted by Gasteiger charge is -2.06. The van der Waals surface area contributed by atoms with Gasteiger partial charge in [0.2, 0.25) is 5.82 Å². The number of aromatic carboxylic acids is 1. The van der Waals surface area contributed by atoms with Crippen LogP contribution in [0.4, 0.5) is 18.2 Å². The van der Waals surface area contributed by atoms with E-state index in [1.807, 2.05) is 0 Å². The zero-order valence-corrected chi connectivity index (χ0v) is 15.5. The third-order valence-corrected chi connectivity index (χ3v) is 4.99. The highest BCUT2D eigenvalue weighted by Gasteiger charge is 2.34. The van der Waals surface area contributed by atoms with E-state index in [1.54, 1.807) is 24.3 Å². The van der Waals surface area contributed by atoms with Crippen molar-refractivity contribution in [3.63, 3.8) is 0 Å². The molecule has 4 rings (SSSR count). The van der Waals surface area contributed by atoms with Crippen molar-refractivity contribution in [1.82, 2.24) is 9.97 Å². The number of carbonyl (C=O) groups excluding carboxylic acids is 1. The number of thiophene rings is 1. The zero-order chi connectivity index (χ0) is 21.5. The molecule has 0 radical (unpaired) electrons. The van der Waals surface area contributed by atoms with E-state index < -0.39 is 23.9 Å². The summed E-state index contributed by atoms with van der Waals surface area (Å²) in [6.45, 7) is 0. The van der Waals surface area contributed by atoms with Crippen LogP contribution < -0.4 is 5.32 Å². The van der Waals surface area contributed by atoms with Crippen LogP contribution in [0.1, 0.15) is 26.7 Å². The zero-order valence-electron chi connectivity index (χ0n) is 14.7. The number of aromatic nitrogens is 2. The molecule has 3 heterocycles. The Labute approximate surface area is 169 Å². The lowest BCUT2D eigenvalue weighted by atomic mass is 10.1. The molecule has 0 bridgehead atoms. The number of anilines is 1. The van der Waals surface area contributed by atoms with E-state index >= 15 is 0 Å². The van der Waals surface area contributed by atoms with Crippen LogP contribution in [0.25, 0.3) is 22.1 Å². The fraction of sp³-hybridized carbons (Fsp3) is 0.0526. The van der Waals surface area contributed by atoms with Gasteiger partial charge in [-0.3, -0.25) is 4.79 Å². The summed E-state index contributed by atoms with van der Waals surface area (Å²) in [6, 6.07) is 8.48. The number of carboxylic acid groups (broad SMARTS) is 1. The Morgan fingerprint density at radius 3 is 2.47 bits per heavy atom. The van der Waals surface area contributed by atoms with Crippen molar-refractivity contribution in [2.24, 2.45) is 0 Å². The minimum atomic E-state index is -4.71. The first-order chi connectivity index (χ1) is 14.2. The summed E-state index contributed by atoms with van der Waals surface area (Å²) in [4.78, 5) is 30.8. The number of benzene rings is 1. The molecule has 0 aliphatic rings. The summed E-state index contributed by atoms with van der Waals surface area (Å²) in [7, 11) is 0. The molecule has 11 heteroatoms. The maximum atomic E-state index is 12.6. The van der Waals surface area contributed by atoms with Crippen molar-refractivity contribution < 1.29 is 32.3 Å². The van der Waals surface area contributed by atoms with Crippen LogP contribution in [-0.2, 0) is 6.18 Å². The number of hydrogen-bond donors (Lipinski definition) is 2. The fourth-order valence-corrected chi connectivity index (χ4v) is 3.70. The van der Waals surface area contributed by atoms with E-state index in [0.29, 0.717) is 11.0 Å². The Bertz CT molecular complexity index is 1230. The normalized spacial score (nSPS) is 11.6. The Morgan fingerprint density at radius 1 is 1.13 bits per heavy atom. The largest absolute Gasteiger partial charge is 0.478 e. The summed E-state index contributed by atoms with van der Waals surface area (Å²) < 4.78 is 43.4. The van der Waals surface area contributed by atoms with E-state index in [-0.39, 0.29) is 27.5 Å². The molecule has 0 unspecified atom stereocenters. The number of halogens is 3. The van der Waals surface area contributed by atoms with Gasteiger partial charge in [0.1, 0.15) is 16.1 Å². The van der Waals surface area contributed by atoms with Gasteiger partial charge in [0, 0.05) is 34.3 Å². The number of rotatable bonds is 4. The van der Waals surface area contributed by atoms with Gasteiger partial charge in [-0.2, -0.15) is 13.2 Å². The molecular formula is C19H10F3N3O4S. The number of amides is 1. The smallest absolute Gasteiger partial charge is 0.451 e. The fourth-order valence-electron chi connectivity index (χ4n) is 2.75. The molecule has 7 nitrogen and oxygen atoms in total. The molecule has 1 amide bonds. The topological polar surface area (TPSA) is 105 Å². The minimum Gasteiger partial charge on any atom is -0.478 e. The third kappa shape index (κ3) is 3.62. The van der Waals surface area contributed by atoms with Gasteiger partial charge in [-0.05, 0) is 12.1 Å². The standard InChI is InChI=1S/C19H10F3N3O4S/c20-19(21,22)18-23-6-10(7-24-18)11-8-30-16(14(11)17(27)28)25-15(26)13-5-9-3-1-2-4-12(9)29-13/h1-8H,(H,25,26)(H,27,28). The highest BCUT2D eigenvalue weighted by molar-refractivity contribution is 7.15. The average molecular weight is 433 g/mol. The van der Waals surface area contributed by atoms with E-state index in [1.165, 1.54) is 11.4 Å². The molecule has 0 saturated carbocycles. The number of carboxylic acids is 1. The average Bonchev–Trinajstić information content (AvgIpc) is 3.31. The molecule has 2 N–H and O–H groups in total. The summed E-state index contributed by atoms with van der Waals surface area (Å²) >= 11 is 0.907. The van der Waals surface area contributed by atoms with Gasteiger partial charge >= 0.3 is 12.1 Å². The van der Waals surface area contributed by atoms with Crippen LogP contribution in [0.2, 0.25) is 0 Å². The van der Waals surface area contributed by atoms with Gasteiger partial charge < -0.3 is 14.8 Å².